The molecule has 0 bridgehead atoms. The van der Waals surface area contributed by atoms with Crippen LogP contribution < -0.4 is 9.80 Å². The first-order valence-electron chi connectivity index (χ1n) is 16.5. The second-order valence-corrected chi connectivity index (χ2v) is 13.9. The van der Waals surface area contributed by atoms with E-state index in [1.54, 1.807) is 22.7 Å². The minimum atomic E-state index is 1.06. The highest BCUT2D eigenvalue weighted by molar-refractivity contribution is 7.16. The number of nitrogens with zero attached hydrogens (tertiary/aromatic N) is 2. The van der Waals surface area contributed by atoms with Crippen LogP contribution in [0.5, 0.6) is 0 Å². The first kappa shape index (κ1) is 31.2. The van der Waals surface area contributed by atoms with Crippen molar-refractivity contribution in [2.45, 2.75) is 0 Å². The van der Waals surface area contributed by atoms with Crippen molar-refractivity contribution in [3.8, 4) is 32.7 Å². The van der Waals surface area contributed by atoms with Gasteiger partial charge in [-0.25, -0.2) is 0 Å². The molecule has 0 saturated heterocycles. The Kier molecular flexibility index (Phi) is 9.07. The van der Waals surface area contributed by atoms with Crippen LogP contribution in [0.15, 0.2) is 194 Å². The number of thiophene rings is 2. The molecule has 0 atom stereocenters. The van der Waals surface area contributed by atoms with E-state index in [0.717, 1.165) is 43.9 Å². The fraction of sp³-hybridized carbons (Fsp3) is 0. The van der Waals surface area contributed by atoms with Crippen LogP contribution in [0.2, 0.25) is 0 Å². The first-order chi connectivity index (χ1) is 24.8. The van der Waals surface area contributed by atoms with Crippen molar-refractivity contribution in [1.82, 2.24) is 0 Å². The number of benzene rings is 6. The van der Waals surface area contributed by atoms with Gasteiger partial charge in [0.2, 0.25) is 0 Å². The van der Waals surface area contributed by atoms with Gasteiger partial charge in [0.1, 0.15) is 0 Å². The van der Waals surface area contributed by atoms with Crippen molar-refractivity contribution in [2.24, 2.45) is 0 Å². The molecule has 0 N–H and O–H groups in total. The zero-order chi connectivity index (χ0) is 33.5. The van der Waals surface area contributed by atoms with Gasteiger partial charge in [-0.3, -0.25) is 0 Å². The molecule has 0 aliphatic heterocycles. The second kappa shape index (κ2) is 14.6. The minimum absolute atomic E-state index is 1.06. The van der Waals surface area contributed by atoms with E-state index in [9.17, 15) is 0 Å². The zero-order valence-corrected chi connectivity index (χ0v) is 28.8. The maximum atomic E-state index is 3.41. The lowest BCUT2D eigenvalue weighted by molar-refractivity contribution is 1.28. The van der Waals surface area contributed by atoms with Crippen molar-refractivity contribution in [3.63, 3.8) is 0 Å². The smallest absolute Gasteiger partial charge is 0.0779 e. The van der Waals surface area contributed by atoms with Crippen molar-refractivity contribution in [1.29, 1.82) is 0 Å². The molecular weight excluding hydrogens is 645 g/mol. The van der Waals surface area contributed by atoms with Gasteiger partial charge in [0.05, 0.1) is 9.75 Å². The fourth-order valence-electron chi connectivity index (χ4n) is 6.00. The third-order valence-electron chi connectivity index (χ3n) is 8.40. The van der Waals surface area contributed by atoms with Gasteiger partial charge in [-0.05, 0) is 120 Å². The summed E-state index contributed by atoms with van der Waals surface area (Å²) < 4.78 is 0. The van der Waals surface area contributed by atoms with E-state index in [2.05, 4.69) is 216 Å². The molecule has 0 aliphatic rings. The van der Waals surface area contributed by atoms with E-state index in [1.807, 2.05) is 0 Å². The summed E-state index contributed by atoms with van der Waals surface area (Å²) in [6.45, 7) is 0. The SMILES string of the molecule is C(#Cc1ccc(-c2ccc(N(c3ccccc3)c3ccccc3)cc2)s1)c1ccc(-c2ccc(N(c3ccccc3)c3ccccc3)cc2)s1. The Morgan fingerprint density at radius 3 is 0.860 bits per heavy atom. The van der Waals surface area contributed by atoms with Gasteiger partial charge in [-0.2, -0.15) is 0 Å². The topological polar surface area (TPSA) is 6.48 Å². The molecular formula is C46H32N2S2. The van der Waals surface area contributed by atoms with Crippen LogP contribution in [-0.2, 0) is 0 Å². The number of anilines is 6. The summed E-state index contributed by atoms with van der Waals surface area (Å²) in [4.78, 5) is 9.09. The summed E-state index contributed by atoms with van der Waals surface area (Å²) in [6, 6.07) is 68.2. The number of rotatable bonds is 8. The van der Waals surface area contributed by atoms with Crippen LogP contribution in [0.25, 0.3) is 20.9 Å². The van der Waals surface area contributed by atoms with Crippen LogP contribution >= 0.6 is 22.7 Å². The predicted molar refractivity (Wildman–Crippen MR) is 215 cm³/mol. The largest absolute Gasteiger partial charge is 0.311 e. The third kappa shape index (κ3) is 6.88. The van der Waals surface area contributed by atoms with Crippen LogP contribution in [0.4, 0.5) is 34.1 Å². The molecule has 6 aromatic carbocycles. The Balaban J connectivity index is 0.977. The lowest BCUT2D eigenvalue weighted by Crippen LogP contribution is -2.09. The third-order valence-corrected chi connectivity index (χ3v) is 10.5. The van der Waals surface area contributed by atoms with Crippen molar-refractivity contribution in [2.75, 3.05) is 9.80 Å². The standard InChI is InChI=1S/C46H32N2S2/c1-5-13-37(14-6-1)47(38-15-7-2-8-16-38)41-25-21-35(22-26-41)45-33-31-43(49-45)29-30-44-32-34-46(50-44)36-23-27-42(28-24-36)48(39-17-9-3-10-18-39)40-19-11-4-12-20-40/h1-28,31-34H. The summed E-state index contributed by atoms with van der Waals surface area (Å²) in [6.07, 6.45) is 0. The Labute approximate surface area is 301 Å². The van der Waals surface area contributed by atoms with Gasteiger partial charge in [-0.15, -0.1) is 22.7 Å². The molecule has 4 heteroatoms. The average molecular weight is 677 g/mol. The highest BCUT2D eigenvalue weighted by Crippen LogP contribution is 2.38. The molecule has 238 valence electrons. The molecule has 8 rings (SSSR count). The van der Waals surface area contributed by atoms with E-state index in [1.165, 1.54) is 20.9 Å². The van der Waals surface area contributed by atoms with Gasteiger partial charge in [-0.1, -0.05) is 97.1 Å². The molecule has 0 spiro atoms. The van der Waals surface area contributed by atoms with E-state index in [-0.39, 0.29) is 0 Å². The summed E-state index contributed by atoms with van der Waals surface area (Å²) in [7, 11) is 0. The molecule has 0 saturated carbocycles. The maximum Gasteiger partial charge on any atom is 0.0779 e. The Morgan fingerprint density at radius 2 is 0.560 bits per heavy atom. The van der Waals surface area contributed by atoms with Crippen LogP contribution in [0.3, 0.4) is 0 Å². The number of para-hydroxylation sites is 4. The maximum absolute atomic E-state index is 3.41. The normalized spacial score (nSPS) is 10.6. The lowest BCUT2D eigenvalue weighted by Gasteiger charge is -2.25. The molecule has 0 fully saturated rings. The molecule has 50 heavy (non-hydrogen) atoms. The Bertz CT molecular complexity index is 2100. The second-order valence-electron chi connectivity index (χ2n) is 11.7. The predicted octanol–water partition coefficient (Wildman–Crippen LogP) is 13.5. The summed E-state index contributed by atoms with van der Waals surface area (Å²) in [5.74, 6) is 6.83. The van der Waals surface area contributed by atoms with Gasteiger partial charge in [0.25, 0.3) is 0 Å². The van der Waals surface area contributed by atoms with Crippen molar-refractivity contribution >= 4 is 56.8 Å². The molecule has 0 unspecified atom stereocenters. The average Bonchev–Trinajstić information content (AvgIpc) is 3.87. The Morgan fingerprint density at radius 1 is 0.280 bits per heavy atom. The quantitative estimate of drug-likeness (QED) is 0.148. The van der Waals surface area contributed by atoms with E-state index < -0.39 is 0 Å². The molecule has 8 aromatic rings. The summed E-state index contributed by atoms with van der Waals surface area (Å²) in [5.41, 5.74) is 9.14. The molecule has 0 radical (unpaired) electrons. The van der Waals surface area contributed by atoms with Crippen molar-refractivity contribution in [3.05, 3.63) is 204 Å². The highest BCUT2D eigenvalue weighted by atomic mass is 32.1. The van der Waals surface area contributed by atoms with E-state index in [0.29, 0.717) is 0 Å². The molecule has 0 aliphatic carbocycles. The van der Waals surface area contributed by atoms with Gasteiger partial charge in [0.15, 0.2) is 0 Å². The Hall–Kier alpha value is -6.12. The number of hydrogen-bond donors (Lipinski definition) is 0. The molecule has 0 amide bonds. The monoisotopic (exact) mass is 676 g/mol. The fourth-order valence-corrected chi connectivity index (χ4v) is 7.73. The molecule has 2 heterocycles. The zero-order valence-electron chi connectivity index (χ0n) is 27.2. The van der Waals surface area contributed by atoms with Crippen LogP contribution in [0, 0.1) is 11.8 Å². The van der Waals surface area contributed by atoms with Crippen LogP contribution in [-0.4, -0.2) is 0 Å². The molecule has 2 aromatic heterocycles. The van der Waals surface area contributed by atoms with Crippen LogP contribution in [0.1, 0.15) is 9.75 Å². The lowest BCUT2D eigenvalue weighted by atomic mass is 10.1. The molecule has 2 nitrogen and oxygen atoms in total. The highest BCUT2D eigenvalue weighted by Gasteiger charge is 2.14. The minimum Gasteiger partial charge on any atom is -0.311 e. The first-order valence-corrected chi connectivity index (χ1v) is 18.1. The van der Waals surface area contributed by atoms with E-state index in [4.69, 9.17) is 0 Å². The van der Waals surface area contributed by atoms with Gasteiger partial charge in [0, 0.05) is 43.9 Å². The summed E-state index contributed by atoms with van der Waals surface area (Å²) >= 11 is 3.46. The van der Waals surface area contributed by atoms with Crippen molar-refractivity contribution < 1.29 is 0 Å². The van der Waals surface area contributed by atoms with E-state index >= 15 is 0 Å². The van der Waals surface area contributed by atoms with Gasteiger partial charge >= 0.3 is 0 Å². The number of hydrogen-bond acceptors (Lipinski definition) is 4. The van der Waals surface area contributed by atoms with Gasteiger partial charge < -0.3 is 9.80 Å². The summed E-state index contributed by atoms with van der Waals surface area (Å²) in [5, 5.41) is 0.